The number of carboxylic acids is 1. The number of aliphatic carboxylic acids is 1. The summed E-state index contributed by atoms with van der Waals surface area (Å²) in [4.78, 5) is 10.3. The molecule has 0 aliphatic carbocycles. The van der Waals surface area contributed by atoms with Gasteiger partial charge < -0.3 is 15.3 Å². The molecule has 0 unspecified atom stereocenters. The summed E-state index contributed by atoms with van der Waals surface area (Å²) in [6, 6.07) is 0. The Morgan fingerprint density at radius 2 is 1.95 bits per heavy atom. The molecule has 2 atom stereocenters. The number of aliphatic hydroxyl groups excluding tert-OH is 2. The van der Waals surface area contributed by atoms with Crippen LogP contribution in [0, 0.1) is 0 Å². The Kier molecular flexibility index (Phi) is 4.09. The number of aryl methyl sites for hydroxylation is 1. The molecule has 2 heterocycles. The van der Waals surface area contributed by atoms with Crippen molar-refractivity contribution < 1.29 is 28.5 Å². The van der Waals surface area contributed by atoms with E-state index in [0.717, 1.165) is 10.5 Å². The van der Waals surface area contributed by atoms with Crippen molar-refractivity contribution >= 4 is 16.0 Å². The van der Waals surface area contributed by atoms with Gasteiger partial charge in [-0.3, -0.25) is 9.48 Å². The molecule has 0 saturated carbocycles. The Morgan fingerprint density at radius 3 is 2.50 bits per heavy atom. The number of nitrogens with zero attached hydrogens (tertiary/aromatic N) is 3. The second-order valence-electron chi connectivity index (χ2n) is 4.54. The lowest BCUT2D eigenvalue weighted by Crippen LogP contribution is -2.29. The first kappa shape index (κ1) is 14.9. The van der Waals surface area contributed by atoms with E-state index >= 15 is 0 Å². The Hall–Kier alpha value is -1.49. The molecular formula is C10H15N3O6S. The van der Waals surface area contributed by atoms with Gasteiger partial charge in [0.2, 0.25) is 10.0 Å². The fourth-order valence-corrected chi connectivity index (χ4v) is 3.32. The number of hydrogen-bond donors (Lipinski definition) is 3. The fourth-order valence-electron chi connectivity index (χ4n) is 1.89. The number of aliphatic hydroxyl groups is 2. The number of carbonyl (C=O) groups is 1. The summed E-state index contributed by atoms with van der Waals surface area (Å²) in [5.74, 6) is -1.00. The van der Waals surface area contributed by atoms with E-state index in [2.05, 4.69) is 5.10 Å². The average Bonchev–Trinajstić information content (AvgIpc) is 2.95. The third-order valence-corrected chi connectivity index (χ3v) is 4.81. The highest BCUT2D eigenvalue weighted by atomic mass is 32.2. The summed E-state index contributed by atoms with van der Waals surface area (Å²) in [5, 5.41) is 31.1. The molecule has 0 amide bonds. The van der Waals surface area contributed by atoms with Crippen LogP contribution in [-0.4, -0.2) is 69.1 Å². The third-order valence-electron chi connectivity index (χ3n) is 3.03. The highest BCUT2D eigenvalue weighted by Crippen LogP contribution is 2.20. The topological polar surface area (TPSA) is 133 Å². The van der Waals surface area contributed by atoms with E-state index in [-0.39, 0.29) is 31.0 Å². The van der Waals surface area contributed by atoms with Crippen LogP contribution in [0.1, 0.15) is 6.42 Å². The minimum Gasteiger partial charge on any atom is -0.481 e. The zero-order valence-electron chi connectivity index (χ0n) is 10.5. The van der Waals surface area contributed by atoms with E-state index in [1.807, 2.05) is 0 Å². The molecular weight excluding hydrogens is 290 g/mol. The van der Waals surface area contributed by atoms with Gasteiger partial charge >= 0.3 is 5.97 Å². The summed E-state index contributed by atoms with van der Waals surface area (Å²) in [6.07, 6.45) is -0.0231. The van der Waals surface area contributed by atoms with Crippen molar-refractivity contribution in [3.63, 3.8) is 0 Å². The van der Waals surface area contributed by atoms with E-state index in [1.165, 1.54) is 10.9 Å². The molecule has 0 radical (unpaired) electrons. The molecule has 2 rings (SSSR count). The average molecular weight is 305 g/mol. The first-order valence-electron chi connectivity index (χ1n) is 5.91. The van der Waals surface area contributed by atoms with Crippen molar-refractivity contribution in [1.29, 1.82) is 0 Å². The maximum atomic E-state index is 12.2. The molecule has 1 fully saturated rings. The molecule has 1 aliphatic rings. The maximum Gasteiger partial charge on any atom is 0.305 e. The van der Waals surface area contributed by atoms with Crippen molar-refractivity contribution in [3.8, 4) is 0 Å². The number of β-amino-alcohol motifs (C(OH)–C–C–N with tert-alkyl or cyclic N) is 2. The fraction of sp³-hybridized carbons (Fsp3) is 0.600. The first-order valence-corrected chi connectivity index (χ1v) is 7.35. The number of sulfonamides is 1. The lowest BCUT2D eigenvalue weighted by Gasteiger charge is -2.13. The number of hydrogen-bond acceptors (Lipinski definition) is 6. The molecule has 3 N–H and O–H groups in total. The molecule has 0 bridgehead atoms. The van der Waals surface area contributed by atoms with E-state index in [4.69, 9.17) is 5.11 Å². The first-order chi connectivity index (χ1) is 9.30. The SMILES string of the molecule is O=C(O)CCn1cc(S(=O)(=O)N2C[C@@H](O)[C@@H](O)C2)cn1. The standard InChI is InChI=1S/C10H15N3O6S/c14-8-5-13(6-9(8)15)20(18,19)7-3-11-12(4-7)2-1-10(16)17/h3-4,8-9,14-15H,1-2,5-6H2,(H,16,17)/t8-,9+. The van der Waals surface area contributed by atoms with Gasteiger partial charge in [-0.25, -0.2) is 8.42 Å². The largest absolute Gasteiger partial charge is 0.481 e. The lowest BCUT2D eigenvalue weighted by molar-refractivity contribution is -0.137. The highest BCUT2D eigenvalue weighted by molar-refractivity contribution is 7.89. The molecule has 112 valence electrons. The van der Waals surface area contributed by atoms with Crippen LogP contribution in [0.5, 0.6) is 0 Å². The zero-order valence-corrected chi connectivity index (χ0v) is 11.3. The summed E-state index contributed by atoms with van der Waals surface area (Å²) in [6.45, 7) is -0.288. The van der Waals surface area contributed by atoms with Crippen molar-refractivity contribution in [2.45, 2.75) is 30.1 Å². The molecule has 9 nitrogen and oxygen atoms in total. The molecule has 0 aromatic carbocycles. The van der Waals surface area contributed by atoms with E-state index in [9.17, 15) is 23.4 Å². The Balaban J connectivity index is 2.12. The number of aromatic nitrogens is 2. The predicted octanol–water partition coefficient (Wildman–Crippen LogP) is -1.92. The Morgan fingerprint density at radius 1 is 1.35 bits per heavy atom. The Labute approximate surface area is 115 Å². The molecule has 1 saturated heterocycles. The second-order valence-corrected chi connectivity index (χ2v) is 6.48. The van der Waals surface area contributed by atoms with Crippen LogP contribution < -0.4 is 0 Å². The minimum atomic E-state index is -3.84. The van der Waals surface area contributed by atoms with Gasteiger partial charge in [-0.1, -0.05) is 0 Å². The van der Waals surface area contributed by atoms with Crippen molar-refractivity contribution in [2.24, 2.45) is 0 Å². The minimum absolute atomic E-state index is 0.0656. The third kappa shape index (κ3) is 2.98. The number of rotatable bonds is 5. The van der Waals surface area contributed by atoms with Crippen molar-refractivity contribution in [2.75, 3.05) is 13.1 Å². The Bertz CT molecular complexity index is 588. The summed E-state index contributed by atoms with van der Waals surface area (Å²) >= 11 is 0. The quantitative estimate of drug-likeness (QED) is 0.577. The van der Waals surface area contributed by atoms with Crippen LogP contribution in [0.4, 0.5) is 0 Å². The van der Waals surface area contributed by atoms with Gasteiger partial charge in [0, 0.05) is 19.3 Å². The molecule has 1 aromatic rings. The van der Waals surface area contributed by atoms with E-state index in [0.29, 0.717) is 0 Å². The van der Waals surface area contributed by atoms with Gasteiger partial charge in [-0.15, -0.1) is 0 Å². The van der Waals surface area contributed by atoms with Crippen LogP contribution in [0.15, 0.2) is 17.3 Å². The van der Waals surface area contributed by atoms with Gasteiger partial charge in [-0.2, -0.15) is 9.40 Å². The van der Waals surface area contributed by atoms with Gasteiger partial charge in [0.15, 0.2) is 0 Å². The van der Waals surface area contributed by atoms with Gasteiger partial charge in [0.05, 0.1) is 31.4 Å². The van der Waals surface area contributed by atoms with Crippen LogP contribution in [-0.2, 0) is 21.4 Å². The predicted molar refractivity (Wildman–Crippen MR) is 65.3 cm³/mol. The van der Waals surface area contributed by atoms with Crippen molar-refractivity contribution in [1.82, 2.24) is 14.1 Å². The number of carboxylic acid groups (broad SMARTS) is 1. The van der Waals surface area contributed by atoms with Gasteiger partial charge in [-0.05, 0) is 0 Å². The summed E-state index contributed by atoms with van der Waals surface area (Å²) in [5.41, 5.74) is 0. The smallest absolute Gasteiger partial charge is 0.305 e. The zero-order chi connectivity index (χ0) is 14.9. The normalized spacial score (nSPS) is 24.1. The van der Waals surface area contributed by atoms with Crippen LogP contribution in [0.3, 0.4) is 0 Å². The molecule has 20 heavy (non-hydrogen) atoms. The van der Waals surface area contributed by atoms with Crippen LogP contribution >= 0.6 is 0 Å². The molecule has 1 aromatic heterocycles. The van der Waals surface area contributed by atoms with Crippen LogP contribution in [0.25, 0.3) is 0 Å². The van der Waals surface area contributed by atoms with Gasteiger partial charge in [0.1, 0.15) is 4.90 Å². The second kappa shape index (κ2) is 5.48. The lowest BCUT2D eigenvalue weighted by atomic mass is 10.3. The molecule has 10 heteroatoms. The highest BCUT2D eigenvalue weighted by Gasteiger charge is 2.38. The van der Waals surface area contributed by atoms with Gasteiger partial charge in [0.25, 0.3) is 0 Å². The molecule has 1 aliphatic heterocycles. The van der Waals surface area contributed by atoms with Crippen molar-refractivity contribution in [3.05, 3.63) is 12.4 Å². The van der Waals surface area contributed by atoms with E-state index in [1.54, 1.807) is 0 Å². The summed E-state index contributed by atoms with van der Waals surface area (Å²) in [7, 11) is -3.84. The summed E-state index contributed by atoms with van der Waals surface area (Å²) < 4.78 is 26.6. The maximum absolute atomic E-state index is 12.2. The monoisotopic (exact) mass is 305 g/mol. The van der Waals surface area contributed by atoms with Crippen LogP contribution in [0.2, 0.25) is 0 Å². The van der Waals surface area contributed by atoms with E-state index < -0.39 is 28.2 Å². The molecule has 0 spiro atoms.